The number of amidine groups is 1. The quantitative estimate of drug-likeness (QED) is 0.341. The second-order valence-corrected chi connectivity index (χ2v) is 4.98. The minimum Gasteiger partial charge on any atom is -0.409 e. The number of nitrogens with one attached hydrogen (secondary N) is 1. The van der Waals surface area contributed by atoms with Crippen molar-refractivity contribution < 1.29 is 5.21 Å². The highest BCUT2D eigenvalue weighted by Crippen LogP contribution is 2.16. The Morgan fingerprint density at radius 3 is 2.24 bits per heavy atom. The molecule has 0 bridgehead atoms. The fraction of sp³-hybridized carbons (Fsp3) is 0.188. The number of hydrogen-bond donors (Lipinski definition) is 3. The van der Waals surface area contributed by atoms with Crippen molar-refractivity contribution in [2.24, 2.45) is 10.9 Å². The third-order valence-corrected chi connectivity index (χ3v) is 3.24. The van der Waals surface area contributed by atoms with Gasteiger partial charge in [0, 0.05) is 37.6 Å². The van der Waals surface area contributed by atoms with E-state index in [-0.39, 0.29) is 5.84 Å². The van der Waals surface area contributed by atoms with E-state index in [0.29, 0.717) is 5.56 Å². The highest BCUT2D eigenvalue weighted by molar-refractivity contribution is 5.96. The van der Waals surface area contributed by atoms with Gasteiger partial charge in [-0.1, -0.05) is 29.4 Å². The molecule has 0 aliphatic heterocycles. The van der Waals surface area contributed by atoms with Gasteiger partial charge in [-0.05, 0) is 29.8 Å². The summed E-state index contributed by atoms with van der Waals surface area (Å²) in [7, 11) is 4.04. The van der Waals surface area contributed by atoms with Gasteiger partial charge in [-0.15, -0.1) is 0 Å². The zero-order chi connectivity index (χ0) is 15.2. The summed E-state index contributed by atoms with van der Waals surface area (Å²) in [5, 5.41) is 15.0. The molecule has 0 radical (unpaired) electrons. The monoisotopic (exact) mass is 284 g/mol. The first kappa shape index (κ1) is 14.7. The second kappa shape index (κ2) is 6.65. The smallest absolute Gasteiger partial charge is 0.170 e. The summed E-state index contributed by atoms with van der Waals surface area (Å²) in [6.45, 7) is 0.720. The molecule has 5 nitrogen and oxygen atoms in total. The van der Waals surface area contributed by atoms with Crippen LogP contribution in [0.25, 0.3) is 0 Å². The fourth-order valence-corrected chi connectivity index (χ4v) is 1.93. The molecule has 0 aliphatic rings. The Kier molecular flexibility index (Phi) is 4.66. The first-order chi connectivity index (χ1) is 10.1. The van der Waals surface area contributed by atoms with Crippen molar-refractivity contribution in [3.8, 4) is 0 Å². The van der Waals surface area contributed by atoms with Crippen molar-refractivity contribution in [1.82, 2.24) is 0 Å². The van der Waals surface area contributed by atoms with Gasteiger partial charge in [-0.3, -0.25) is 0 Å². The van der Waals surface area contributed by atoms with Crippen LogP contribution in [0, 0.1) is 0 Å². The number of nitrogens with two attached hydrogens (primary N) is 1. The van der Waals surface area contributed by atoms with Gasteiger partial charge in [0.1, 0.15) is 0 Å². The number of hydrogen-bond acceptors (Lipinski definition) is 4. The van der Waals surface area contributed by atoms with Gasteiger partial charge in [-0.2, -0.15) is 0 Å². The average Bonchev–Trinajstić information content (AvgIpc) is 2.53. The van der Waals surface area contributed by atoms with E-state index in [9.17, 15) is 0 Å². The summed E-state index contributed by atoms with van der Waals surface area (Å²) in [4.78, 5) is 2.07. The van der Waals surface area contributed by atoms with Gasteiger partial charge < -0.3 is 21.2 Å². The van der Waals surface area contributed by atoms with E-state index >= 15 is 0 Å². The molecule has 0 heterocycles. The molecule has 0 amide bonds. The summed E-state index contributed by atoms with van der Waals surface area (Å²) in [5.41, 5.74) is 9.60. The van der Waals surface area contributed by atoms with Gasteiger partial charge in [0.15, 0.2) is 5.84 Å². The molecule has 0 saturated carbocycles. The van der Waals surface area contributed by atoms with Crippen LogP contribution in [0.4, 0.5) is 11.4 Å². The van der Waals surface area contributed by atoms with Gasteiger partial charge in [-0.25, -0.2) is 0 Å². The lowest BCUT2D eigenvalue weighted by Gasteiger charge is -2.13. The number of benzene rings is 2. The summed E-state index contributed by atoms with van der Waals surface area (Å²) in [6, 6.07) is 15.8. The SMILES string of the molecule is CN(C)c1ccc(NCc2ccc(C(N)=NO)cc2)cc1. The van der Waals surface area contributed by atoms with Crippen molar-refractivity contribution in [3.05, 3.63) is 59.7 Å². The second-order valence-electron chi connectivity index (χ2n) is 4.98. The molecule has 0 unspecified atom stereocenters. The Balaban J connectivity index is 1.96. The third-order valence-electron chi connectivity index (χ3n) is 3.24. The Labute approximate surface area is 124 Å². The predicted molar refractivity (Wildman–Crippen MR) is 87.0 cm³/mol. The van der Waals surface area contributed by atoms with Crippen LogP contribution in [0.5, 0.6) is 0 Å². The maximum absolute atomic E-state index is 8.62. The van der Waals surface area contributed by atoms with Crippen molar-refractivity contribution in [3.63, 3.8) is 0 Å². The number of anilines is 2. The predicted octanol–water partition coefficient (Wildman–Crippen LogP) is 2.46. The Hall–Kier alpha value is -2.69. The molecule has 4 N–H and O–H groups in total. The molecule has 0 aromatic heterocycles. The van der Waals surface area contributed by atoms with E-state index in [1.807, 2.05) is 38.4 Å². The minimum atomic E-state index is 0.119. The van der Waals surface area contributed by atoms with Crippen LogP contribution in [0.2, 0.25) is 0 Å². The van der Waals surface area contributed by atoms with Crippen molar-refractivity contribution >= 4 is 17.2 Å². The van der Waals surface area contributed by atoms with Crippen LogP contribution in [-0.2, 0) is 6.54 Å². The molecule has 0 fully saturated rings. The fourth-order valence-electron chi connectivity index (χ4n) is 1.93. The molecule has 2 rings (SSSR count). The number of nitrogens with zero attached hydrogens (tertiary/aromatic N) is 2. The maximum atomic E-state index is 8.62. The Morgan fingerprint density at radius 2 is 1.71 bits per heavy atom. The number of oxime groups is 1. The van der Waals surface area contributed by atoms with Crippen LogP contribution in [-0.4, -0.2) is 25.1 Å². The van der Waals surface area contributed by atoms with Crippen molar-refractivity contribution in [2.45, 2.75) is 6.54 Å². The van der Waals surface area contributed by atoms with Crippen LogP contribution in [0.1, 0.15) is 11.1 Å². The van der Waals surface area contributed by atoms with Crippen molar-refractivity contribution in [1.29, 1.82) is 0 Å². The Morgan fingerprint density at radius 1 is 1.10 bits per heavy atom. The van der Waals surface area contributed by atoms with Gasteiger partial charge in [0.25, 0.3) is 0 Å². The van der Waals surface area contributed by atoms with E-state index in [1.54, 1.807) is 0 Å². The zero-order valence-electron chi connectivity index (χ0n) is 12.2. The van der Waals surface area contributed by atoms with Crippen LogP contribution in [0.15, 0.2) is 53.7 Å². The lowest BCUT2D eigenvalue weighted by Crippen LogP contribution is -2.13. The lowest BCUT2D eigenvalue weighted by atomic mass is 10.1. The maximum Gasteiger partial charge on any atom is 0.170 e. The molecule has 0 spiro atoms. The van der Waals surface area contributed by atoms with Crippen LogP contribution < -0.4 is 16.0 Å². The van der Waals surface area contributed by atoms with Crippen molar-refractivity contribution in [2.75, 3.05) is 24.3 Å². The standard InChI is InChI=1S/C16H20N4O/c1-20(2)15-9-7-14(8-10-15)18-11-12-3-5-13(6-4-12)16(17)19-21/h3-10,18,21H,11H2,1-2H3,(H2,17,19). The molecule has 0 aliphatic carbocycles. The first-order valence-corrected chi connectivity index (χ1v) is 6.68. The minimum absolute atomic E-state index is 0.119. The van der Waals surface area contributed by atoms with E-state index in [0.717, 1.165) is 17.8 Å². The molecule has 2 aromatic rings. The summed E-state index contributed by atoms with van der Waals surface area (Å²) < 4.78 is 0. The molecule has 5 heteroatoms. The van der Waals surface area contributed by atoms with E-state index < -0.39 is 0 Å². The summed E-state index contributed by atoms with van der Waals surface area (Å²) in [5.74, 6) is 0.119. The van der Waals surface area contributed by atoms with Gasteiger partial charge in [0.05, 0.1) is 0 Å². The first-order valence-electron chi connectivity index (χ1n) is 6.68. The van der Waals surface area contributed by atoms with Crippen LogP contribution in [0.3, 0.4) is 0 Å². The molecule has 21 heavy (non-hydrogen) atoms. The lowest BCUT2D eigenvalue weighted by molar-refractivity contribution is 0.318. The average molecular weight is 284 g/mol. The normalized spacial score (nSPS) is 11.2. The number of rotatable bonds is 5. The van der Waals surface area contributed by atoms with Gasteiger partial charge in [0.2, 0.25) is 0 Å². The highest BCUT2D eigenvalue weighted by Gasteiger charge is 2.00. The Bertz CT molecular complexity index is 603. The summed E-state index contributed by atoms with van der Waals surface area (Å²) in [6.07, 6.45) is 0. The van der Waals surface area contributed by atoms with Gasteiger partial charge >= 0.3 is 0 Å². The molecular formula is C16H20N4O. The highest BCUT2D eigenvalue weighted by atomic mass is 16.4. The largest absolute Gasteiger partial charge is 0.409 e. The third kappa shape index (κ3) is 3.89. The summed E-state index contributed by atoms with van der Waals surface area (Å²) >= 11 is 0. The van der Waals surface area contributed by atoms with Crippen LogP contribution >= 0.6 is 0 Å². The molecular weight excluding hydrogens is 264 g/mol. The molecule has 2 aromatic carbocycles. The van der Waals surface area contributed by atoms with E-state index in [1.165, 1.54) is 5.69 Å². The van der Waals surface area contributed by atoms with E-state index in [2.05, 4.69) is 39.6 Å². The zero-order valence-corrected chi connectivity index (χ0v) is 12.2. The molecule has 110 valence electrons. The molecule has 0 atom stereocenters. The topological polar surface area (TPSA) is 73.9 Å². The van der Waals surface area contributed by atoms with E-state index in [4.69, 9.17) is 10.9 Å². The molecule has 0 saturated heterocycles.